The van der Waals surface area contributed by atoms with Crippen LogP contribution in [0.1, 0.15) is 43.7 Å². The fraction of sp³-hybridized carbons (Fsp3) is 0.304. The molecule has 0 aliphatic heterocycles. The van der Waals surface area contributed by atoms with E-state index in [1.807, 2.05) is 36.5 Å². The highest BCUT2D eigenvalue weighted by molar-refractivity contribution is 5.90. The van der Waals surface area contributed by atoms with Gasteiger partial charge >= 0.3 is 0 Å². The number of hydrogen-bond acceptors (Lipinski definition) is 4. The molecule has 0 fully saturated rings. The minimum Gasteiger partial charge on any atom is -0.353 e. The van der Waals surface area contributed by atoms with Crippen LogP contribution in [0.4, 0.5) is 0 Å². The van der Waals surface area contributed by atoms with Crippen LogP contribution in [0.25, 0.3) is 17.1 Å². The number of unbranched alkanes of at least 4 members (excludes halogenated alkanes) is 1. The van der Waals surface area contributed by atoms with Crippen LogP contribution in [0.15, 0.2) is 59.9 Å². The third-order valence-electron chi connectivity index (χ3n) is 4.77. The molecular formula is C23H27ClN4O2. The smallest absolute Gasteiger partial charge is 0.265 e. The van der Waals surface area contributed by atoms with Gasteiger partial charge in [-0.3, -0.25) is 19.1 Å². The SMILES string of the molecule is CC(C)c1ccc2ncn(/C=C/C(=O)NCCCCc3cccnc3)c(=O)c2c1.Cl. The van der Waals surface area contributed by atoms with E-state index in [2.05, 4.69) is 29.1 Å². The molecule has 0 bridgehead atoms. The Balaban J connectivity index is 0.00000320. The summed E-state index contributed by atoms with van der Waals surface area (Å²) in [6.07, 6.45) is 10.7. The zero-order chi connectivity index (χ0) is 20.6. The summed E-state index contributed by atoms with van der Waals surface area (Å²) < 4.78 is 1.34. The molecule has 2 aromatic heterocycles. The Morgan fingerprint density at radius 1 is 1.23 bits per heavy atom. The summed E-state index contributed by atoms with van der Waals surface area (Å²) in [5.74, 6) is 0.0984. The highest BCUT2D eigenvalue weighted by Crippen LogP contribution is 2.17. The molecule has 0 atom stereocenters. The average Bonchev–Trinajstić information content (AvgIpc) is 2.73. The predicted molar refractivity (Wildman–Crippen MR) is 123 cm³/mol. The fourth-order valence-corrected chi connectivity index (χ4v) is 3.04. The van der Waals surface area contributed by atoms with Gasteiger partial charge in [0.25, 0.3) is 5.56 Å². The third kappa shape index (κ3) is 6.26. The topological polar surface area (TPSA) is 76.9 Å². The number of nitrogens with one attached hydrogen (secondary N) is 1. The van der Waals surface area contributed by atoms with Crippen molar-refractivity contribution in [2.45, 2.75) is 39.0 Å². The molecule has 1 amide bonds. The van der Waals surface area contributed by atoms with Crippen molar-refractivity contribution >= 4 is 35.4 Å². The van der Waals surface area contributed by atoms with Gasteiger partial charge in [-0.2, -0.15) is 0 Å². The lowest BCUT2D eigenvalue weighted by atomic mass is 10.0. The van der Waals surface area contributed by atoms with Crippen molar-refractivity contribution in [3.63, 3.8) is 0 Å². The van der Waals surface area contributed by atoms with Crippen molar-refractivity contribution < 1.29 is 4.79 Å². The maximum Gasteiger partial charge on any atom is 0.265 e. The van der Waals surface area contributed by atoms with Crippen LogP contribution in [0.2, 0.25) is 0 Å². The summed E-state index contributed by atoms with van der Waals surface area (Å²) in [6, 6.07) is 9.70. The molecule has 0 spiro atoms. The van der Waals surface area contributed by atoms with Gasteiger partial charge in [0, 0.05) is 31.2 Å². The van der Waals surface area contributed by atoms with Crippen LogP contribution >= 0.6 is 12.4 Å². The lowest BCUT2D eigenvalue weighted by Crippen LogP contribution is -2.23. The van der Waals surface area contributed by atoms with E-state index >= 15 is 0 Å². The predicted octanol–water partition coefficient (Wildman–Crippen LogP) is 3.95. The Hall–Kier alpha value is -2.99. The number of aromatic nitrogens is 3. The molecule has 0 aliphatic carbocycles. The quantitative estimate of drug-likeness (QED) is 0.437. The number of fused-ring (bicyclic) bond motifs is 1. The number of amides is 1. The van der Waals surface area contributed by atoms with E-state index in [1.165, 1.54) is 28.7 Å². The minimum absolute atomic E-state index is 0. The van der Waals surface area contributed by atoms with Gasteiger partial charge in [-0.25, -0.2) is 4.98 Å². The first-order valence-electron chi connectivity index (χ1n) is 9.90. The van der Waals surface area contributed by atoms with Crippen molar-refractivity contribution in [2.75, 3.05) is 6.54 Å². The van der Waals surface area contributed by atoms with Gasteiger partial charge < -0.3 is 5.32 Å². The molecule has 0 unspecified atom stereocenters. The summed E-state index contributed by atoms with van der Waals surface area (Å²) in [5.41, 5.74) is 2.75. The number of nitrogens with zero attached hydrogens (tertiary/aromatic N) is 3. The molecule has 6 nitrogen and oxygen atoms in total. The molecule has 0 aliphatic rings. The van der Waals surface area contributed by atoms with Crippen LogP contribution in [0.5, 0.6) is 0 Å². The highest BCUT2D eigenvalue weighted by atomic mass is 35.5. The van der Waals surface area contributed by atoms with Gasteiger partial charge in [-0.1, -0.05) is 26.0 Å². The highest BCUT2D eigenvalue weighted by Gasteiger charge is 2.06. The van der Waals surface area contributed by atoms with Crippen LogP contribution in [-0.2, 0) is 11.2 Å². The molecule has 0 radical (unpaired) electrons. The first-order valence-corrected chi connectivity index (χ1v) is 9.90. The number of halogens is 1. The number of carbonyl (C=O) groups is 1. The molecule has 1 aromatic carbocycles. The number of pyridine rings is 1. The maximum absolute atomic E-state index is 12.7. The number of aryl methyl sites for hydroxylation is 1. The van der Waals surface area contributed by atoms with E-state index in [-0.39, 0.29) is 23.9 Å². The lowest BCUT2D eigenvalue weighted by Gasteiger charge is -2.07. The van der Waals surface area contributed by atoms with Crippen molar-refractivity contribution in [3.05, 3.63) is 76.6 Å². The summed E-state index contributed by atoms with van der Waals surface area (Å²) in [7, 11) is 0. The first kappa shape index (κ1) is 23.3. The van der Waals surface area contributed by atoms with Crippen molar-refractivity contribution in [2.24, 2.45) is 0 Å². The molecule has 0 saturated heterocycles. The number of benzene rings is 1. The third-order valence-corrected chi connectivity index (χ3v) is 4.77. The van der Waals surface area contributed by atoms with E-state index in [0.29, 0.717) is 23.4 Å². The number of hydrogen-bond donors (Lipinski definition) is 1. The molecule has 30 heavy (non-hydrogen) atoms. The van der Waals surface area contributed by atoms with Crippen molar-refractivity contribution in [3.8, 4) is 0 Å². The van der Waals surface area contributed by atoms with Gasteiger partial charge in [-0.05, 0) is 54.5 Å². The van der Waals surface area contributed by atoms with E-state index < -0.39 is 0 Å². The zero-order valence-corrected chi connectivity index (χ0v) is 18.1. The normalized spacial score (nSPS) is 11.0. The Bertz CT molecular complexity index is 1060. The maximum atomic E-state index is 12.7. The van der Waals surface area contributed by atoms with Crippen molar-refractivity contribution in [1.82, 2.24) is 19.9 Å². The Morgan fingerprint density at radius 2 is 2.07 bits per heavy atom. The summed E-state index contributed by atoms with van der Waals surface area (Å²) in [6.45, 7) is 4.75. The van der Waals surface area contributed by atoms with Gasteiger partial charge in [0.15, 0.2) is 0 Å². The lowest BCUT2D eigenvalue weighted by molar-refractivity contribution is -0.116. The summed E-state index contributed by atoms with van der Waals surface area (Å²) in [4.78, 5) is 33.1. The fourth-order valence-electron chi connectivity index (χ4n) is 3.04. The van der Waals surface area contributed by atoms with Gasteiger partial charge in [0.05, 0.1) is 10.9 Å². The minimum atomic E-state index is -0.227. The molecule has 3 aromatic rings. The molecule has 0 saturated carbocycles. The Kier molecular flexibility index (Phi) is 8.74. The van der Waals surface area contributed by atoms with Gasteiger partial charge in [0.2, 0.25) is 5.91 Å². The Labute approximate surface area is 182 Å². The van der Waals surface area contributed by atoms with Gasteiger partial charge in [-0.15, -0.1) is 12.4 Å². The van der Waals surface area contributed by atoms with Crippen molar-refractivity contribution in [1.29, 1.82) is 0 Å². The molecule has 3 rings (SSSR count). The van der Waals surface area contributed by atoms with Crippen LogP contribution in [0, 0.1) is 0 Å². The Morgan fingerprint density at radius 3 is 2.80 bits per heavy atom. The second-order valence-electron chi connectivity index (χ2n) is 7.31. The zero-order valence-electron chi connectivity index (χ0n) is 17.2. The van der Waals surface area contributed by atoms with Crippen LogP contribution < -0.4 is 10.9 Å². The van der Waals surface area contributed by atoms with E-state index in [1.54, 1.807) is 6.20 Å². The van der Waals surface area contributed by atoms with E-state index in [0.717, 1.165) is 24.8 Å². The van der Waals surface area contributed by atoms with Gasteiger partial charge in [0.1, 0.15) is 6.33 Å². The first-order chi connectivity index (χ1) is 14.0. The molecule has 1 N–H and O–H groups in total. The summed E-state index contributed by atoms with van der Waals surface area (Å²) >= 11 is 0. The number of carbonyl (C=O) groups excluding carboxylic acids is 1. The standard InChI is InChI=1S/C23H26N4O2.ClH/c1-17(2)19-8-9-21-20(14-19)23(29)27(16-26-21)13-10-22(28)25-12-4-3-6-18-7-5-11-24-15-18;/h5,7-11,13-17H,3-4,6,12H2,1-2H3,(H,25,28);1H/b13-10+;. The largest absolute Gasteiger partial charge is 0.353 e. The average molecular weight is 427 g/mol. The van der Waals surface area contributed by atoms with Crippen LogP contribution in [-0.4, -0.2) is 27.0 Å². The molecular weight excluding hydrogens is 400 g/mol. The summed E-state index contributed by atoms with van der Waals surface area (Å²) in [5, 5.41) is 3.40. The van der Waals surface area contributed by atoms with Crippen LogP contribution in [0.3, 0.4) is 0 Å². The van der Waals surface area contributed by atoms with E-state index in [9.17, 15) is 9.59 Å². The molecule has 158 valence electrons. The second kappa shape index (κ2) is 11.3. The molecule has 7 heteroatoms. The number of rotatable bonds is 8. The van der Waals surface area contributed by atoms with E-state index in [4.69, 9.17) is 0 Å². The molecule has 2 heterocycles. The second-order valence-corrected chi connectivity index (χ2v) is 7.31. The monoisotopic (exact) mass is 426 g/mol.